The molecule has 4 aliphatic rings. The highest BCUT2D eigenvalue weighted by Gasteiger charge is 2.77. The van der Waals surface area contributed by atoms with Gasteiger partial charge in [-0.2, -0.15) is 0 Å². The van der Waals surface area contributed by atoms with E-state index in [1.54, 1.807) is 83.1 Å². The van der Waals surface area contributed by atoms with E-state index < -0.39 is 101 Å². The Morgan fingerprint density at radius 2 is 1.57 bits per heavy atom. The van der Waals surface area contributed by atoms with E-state index in [1.165, 1.54) is 19.1 Å². The van der Waals surface area contributed by atoms with E-state index in [0.29, 0.717) is 5.56 Å². The number of aliphatic hydroxyl groups is 4. The van der Waals surface area contributed by atoms with Crippen LogP contribution >= 0.6 is 0 Å². The molecule has 13 nitrogen and oxygen atoms in total. The normalized spacial score (nSPS) is 35.0. The van der Waals surface area contributed by atoms with Crippen LogP contribution in [0.3, 0.4) is 0 Å². The third kappa shape index (κ3) is 6.25. The lowest BCUT2D eigenvalue weighted by atomic mass is 9.44. The highest BCUT2D eigenvalue weighted by molar-refractivity contribution is 5.94. The maximum atomic E-state index is 15.1. The van der Waals surface area contributed by atoms with E-state index in [2.05, 4.69) is 0 Å². The van der Waals surface area contributed by atoms with Gasteiger partial charge in [0.1, 0.15) is 42.2 Å². The molecule has 3 fully saturated rings. The van der Waals surface area contributed by atoms with Crippen LogP contribution in [0.2, 0.25) is 0 Å². The Hall–Kier alpha value is -4.14. The lowest BCUT2D eigenvalue weighted by Crippen LogP contribution is -2.81. The predicted octanol–water partition coefficient (Wildman–Crippen LogP) is 3.44. The van der Waals surface area contributed by atoms with E-state index in [0.717, 1.165) is 0 Å². The molecule has 0 spiro atoms. The van der Waals surface area contributed by atoms with Crippen molar-refractivity contribution in [3.05, 3.63) is 82.9 Å². The Kier molecular flexibility index (Phi) is 10.1. The highest BCUT2D eigenvalue weighted by Crippen LogP contribution is 2.63. The minimum absolute atomic E-state index is 0.00195. The van der Waals surface area contributed by atoms with Crippen molar-refractivity contribution in [1.29, 1.82) is 0 Å². The van der Waals surface area contributed by atoms with Crippen molar-refractivity contribution >= 4 is 23.9 Å². The molecule has 6 rings (SSSR count). The topological polar surface area (TPSA) is 195 Å². The molecule has 0 radical (unpaired) electrons. The molecule has 13 heteroatoms. The van der Waals surface area contributed by atoms with Crippen LogP contribution in [-0.4, -0.2) is 98.7 Å². The molecule has 1 heterocycles. The number of ketones is 1. The first-order valence-corrected chi connectivity index (χ1v) is 17.9. The fraction of sp³-hybridized carbons (Fsp3) is 0.550. The molecule has 1 aliphatic heterocycles. The van der Waals surface area contributed by atoms with E-state index in [-0.39, 0.29) is 36.3 Å². The van der Waals surface area contributed by atoms with Crippen molar-refractivity contribution in [3.8, 4) is 0 Å². The summed E-state index contributed by atoms with van der Waals surface area (Å²) < 4.78 is 29.1. The van der Waals surface area contributed by atoms with Crippen molar-refractivity contribution < 1.29 is 63.3 Å². The van der Waals surface area contributed by atoms with E-state index in [9.17, 15) is 34.8 Å². The number of hydrogen-bond acceptors (Lipinski definition) is 13. The number of benzene rings is 2. The maximum Gasteiger partial charge on any atom is 0.508 e. The number of aliphatic hydroxyl groups excluding tert-OH is 2. The van der Waals surface area contributed by atoms with Gasteiger partial charge in [-0.3, -0.25) is 4.79 Å². The summed E-state index contributed by atoms with van der Waals surface area (Å²) in [6.45, 7) is 8.89. The number of carbonyl (C=O) groups excluding carboxylic acids is 4. The molecular formula is C40H48O13. The molecule has 0 aromatic heterocycles. The number of Topliss-reactive ketones (excluding diaryl/α,β-unsaturated/α-hetero) is 1. The molecule has 2 aromatic carbocycles. The molecule has 2 saturated carbocycles. The van der Waals surface area contributed by atoms with Gasteiger partial charge in [0, 0.05) is 24.2 Å². The molecule has 3 aliphatic carbocycles. The Labute approximate surface area is 307 Å². The SMILES string of the molecule is CC1=C2C(O)C(=O)[C@]3(C)C(OC(=O)OCc4ccccc4)CC4OCC4(O)C3C(OC(=O)c3ccccc3)C(O)(CC1OC(=O)C(O)C(C)C)C2(C)C. The number of esters is 2. The number of hydrogen-bond donors (Lipinski definition) is 4. The monoisotopic (exact) mass is 736 g/mol. The number of fused-ring (bicyclic) bond motifs is 5. The van der Waals surface area contributed by atoms with Gasteiger partial charge in [-0.25, -0.2) is 14.4 Å². The summed E-state index contributed by atoms with van der Waals surface area (Å²) in [5, 5.41) is 48.4. The minimum atomic E-state index is -2.26. The van der Waals surface area contributed by atoms with Gasteiger partial charge in [0.15, 0.2) is 11.9 Å². The standard InChI is InChI=1S/C40H48O13/c1-21(2)29(41)35(45)51-25-18-40(48)33(53-34(44)24-15-11-8-12-16-24)31-38(6,32(43)30(42)28(22(25)3)37(40,4)5)26(17-27-39(31,47)20-50-27)52-36(46)49-19-23-13-9-7-10-14-23/h7-16,21,25-27,29-31,33,41-42,47-48H,17-20H2,1-6H3/t25?,26?,27?,29?,30?,31?,33?,38-,39?,40?/m1/s1. The van der Waals surface area contributed by atoms with Crippen molar-refractivity contribution in [3.63, 3.8) is 0 Å². The summed E-state index contributed by atoms with van der Waals surface area (Å²) in [5.41, 5.74) is -6.75. The lowest BCUT2D eigenvalue weighted by molar-refractivity contribution is -0.344. The second-order valence-corrected chi connectivity index (χ2v) is 15.8. The van der Waals surface area contributed by atoms with Crippen LogP contribution in [0.25, 0.3) is 0 Å². The van der Waals surface area contributed by atoms with Gasteiger partial charge < -0.3 is 44.1 Å². The molecular weight excluding hydrogens is 688 g/mol. The highest BCUT2D eigenvalue weighted by atomic mass is 16.7. The van der Waals surface area contributed by atoms with Gasteiger partial charge in [-0.05, 0) is 48.6 Å². The van der Waals surface area contributed by atoms with Crippen LogP contribution in [0.15, 0.2) is 71.8 Å². The van der Waals surface area contributed by atoms with E-state index in [4.69, 9.17) is 23.7 Å². The average Bonchev–Trinajstić information content (AvgIpc) is 3.12. The fourth-order valence-corrected chi connectivity index (χ4v) is 8.87. The number of rotatable bonds is 8. The molecule has 286 valence electrons. The van der Waals surface area contributed by atoms with Crippen LogP contribution in [-0.2, 0) is 39.9 Å². The zero-order chi connectivity index (χ0) is 38.7. The zero-order valence-electron chi connectivity index (χ0n) is 30.7. The zero-order valence-corrected chi connectivity index (χ0v) is 30.7. The van der Waals surface area contributed by atoms with Gasteiger partial charge in [-0.1, -0.05) is 76.2 Å². The second kappa shape index (κ2) is 13.9. The molecule has 2 aromatic rings. The molecule has 2 bridgehead atoms. The maximum absolute atomic E-state index is 15.1. The Morgan fingerprint density at radius 3 is 2.15 bits per heavy atom. The minimum Gasteiger partial charge on any atom is -0.456 e. The summed E-state index contributed by atoms with van der Waals surface area (Å²) in [7, 11) is 0. The van der Waals surface area contributed by atoms with Crippen LogP contribution in [0.4, 0.5) is 4.79 Å². The Balaban J connectivity index is 1.51. The van der Waals surface area contributed by atoms with Crippen molar-refractivity contribution in [1.82, 2.24) is 0 Å². The van der Waals surface area contributed by atoms with Gasteiger partial charge in [0.05, 0.1) is 23.7 Å². The fourth-order valence-electron chi connectivity index (χ4n) is 8.87. The Morgan fingerprint density at radius 1 is 0.943 bits per heavy atom. The van der Waals surface area contributed by atoms with Gasteiger partial charge >= 0.3 is 18.1 Å². The average molecular weight is 737 g/mol. The molecule has 0 amide bonds. The summed E-state index contributed by atoms with van der Waals surface area (Å²) >= 11 is 0. The molecule has 10 atom stereocenters. The third-order valence-corrected chi connectivity index (χ3v) is 12.2. The largest absolute Gasteiger partial charge is 0.508 e. The van der Waals surface area contributed by atoms with E-state index in [1.807, 2.05) is 0 Å². The van der Waals surface area contributed by atoms with Crippen molar-refractivity contribution in [2.24, 2.45) is 22.7 Å². The van der Waals surface area contributed by atoms with Crippen molar-refractivity contribution in [2.75, 3.05) is 6.61 Å². The first-order valence-electron chi connectivity index (χ1n) is 17.9. The van der Waals surface area contributed by atoms with Gasteiger partial charge in [-0.15, -0.1) is 0 Å². The smallest absolute Gasteiger partial charge is 0.456 e. The van der Waals surface area contributed by atoms with Crippen LogP contribution < -0.4 is 0 Å². The van der Waals surface area contributed by atoms with Gasteiger partial charge in [0.25, 0.3) is 0 Å². The third-order valence-electron chi connectivity index (χ3n) is 12.2. The van der Waals surface area contributed by atoms with Crippen LogP contribution in [0.1, 0.15) is 70.3 Å². The van der Waals surface area contributed by atoms with Crippen LogP contribution in [0, 0.1) is 22.7 Å². The molecule has 1 saturated heterocycles. The molecule has 4 N–H and O–H groups in total. The summed E-state index contributed by atoms with van der Waals surface area (Å²) in [4.78, 5) is 55.5. The summed E-state index contributed by atoms with van der Waals surface area (Å²) in [5.74, 6) is -4.83. The van der Waals surface area contributed by atoms with Crippen molar-refractivity contribution in [2.45, 2.75) is 109 Å². The Bertz CT molecular complexity index is 1770. The number of ether oxygens (including phenoxy) is 5. The quantitative estimate of drug-likeness (QED) is 0.175. The number of carbonyl (C=O) groups is 4. The van der Waals surface area contributed by atoms with E-state index >= 15 is 4.79 Å². The van der Waals surface area contributed by atoms with Gasteiger partial charge in [0.2, 0.25) is 0 Å². The first kappa shape index (κ1) is 38.6. The summed E-state index contributed by atoms with van der Waals surface area (Å²) in [6, 6.07) is 16.8. The molecule has 9 unspecified atom stereocenters. The predicted molar refractivity (Wildman–Crippen MR) is 186 cm³/mol. The molecule has 53 heavy (non-hydrogen) atoms. The van der Waals surface area contributed by atoms with Crippen LogP contribution in [0.5, 0.6) is 0 Å². The first-order chi connectivity index (χ1) is 24.9. The second-order valence-electron chi connectivity index (χ2n) is 15.8. The summed E-state index contributed by atoms with van der Waals surface area (Å²) in [6.07, 6.45) is -10.7. The lowest BCUT2D eigenvalue weighted by Gasteiger charge is -2.67.